The fourth-order valence-corrected chi connectivity index (χ4v) is 2.88. The molecule has 0 bridgehead atoms. The van der Waals surface area contributed by atoms with Crippen LogP contribution in [0.1, 0.15) is 29.1 Å². The van der Waals surface area contributed by atoms with Crippen LogP contribution in [0.4, 0.5) is 0 Å². The Morgan fingerprint density at radius 1 is 1.53 bits per heavy atom. The minimum absolute atomic E-state index is 0.331. The van der Waals surface area contributed by atoms with E-state index in [0.29, 0.717) is 6.04 Å². The molecular formula is C11H14N2S2. The Morgan fingerprint density at radius 2 is 2.40 bits per heavy atom. The monoisotopic (exact) mass is 238 g/mol. The molecule has 2 aromatic heterocycles. The van der Waals surface area contributed by atoms with Gasteiger partial charge in [0.1, 0.15) is 0 Å². The predicted octanol–water partition coefficient (Wildman–Crippen LogP) is 3.36. The van der Waals surface area contributed by atoms with Gasteiger partial charge in [-0.1, -0.05) is 0 Å². The molecule has 0 amide bonds. The largest absolute Gasteiger partial charge is 0.304 e. The van der Waals surface area contributed by atoms with Gasteiger partial charge < -0.3 is 5.32 Å². The maximum absolute atomic E-state index is 4.30. The van der Waals surface area contributed by atoms with E-state index in [0.717, 1.165) is 12.2 Å². The van der Waals surface area contributed by atoms with Gasteiger partial charge in [-0.2, -0.15) is 0 Å². The minimum Gasteiger partial charge on any atom is -0.304 e. The van der Waals surface area contributed by atoms with E-state index >= 15 is 0 Å². The SMILES string of the molecule is Cc1ccsc1CNC(C)c1cscn1. The minimum atomic E-state index is 0.331. The molecule has 2 heterocycles. The summed E-state index contributed by atoms with van der Waals surface area (Å²) >= 11 is 3.45. The van der Waals surface area contributed by atoms with Crippen LogP contribution in [0.5, 0.6) is 0 Å². The highest BCUT2D eigenvalue weighted by molar-refractivity contribution is 7.10. The Labute approximate surface area is 98.0 Å². The summed E-state index contributed by atoms with van der Waals surface area (Å²) < 4.78 is 0. The van der Waals surface area contributed by atoms with Crippen LogP contribution in [0, 0.1) is 6.92 Å². The highest BCUT2D eigenvalue weighted by Gasteiger charge is 2.07. The number of aryl methyl sites for hydroxylation is 1. The predicted molar refractivity (Wildman–Crippen MR) is 66.4 cm³/mol. The molecule has 0 aliphatic heterocycles. The second-order valence-electron chi connectivity index (χ2n) is 3.54. The molecule has 4 heteroatoms. The van der Waals surface area contributed by atoms with Crippen LogP contribution in [0.3, 0.4) is 0 Å². The van der Waals surface area contributed by atoms with Crippen LogP contribution in [-0.2, 0) is 6.54 Å². The van der Waals surface area contributed by atoms with Crippen LogP contribution in [0.2, 0.25) is 0 Å². The van der Waals surface area contributed by atoms with E-state index in [2.05, 4.69) is 41.0 Å². The molecule has 0 aliphatic rings. The highest BCUT2D eigenvalue weighted by atomic mass is 32.1. The molecule has 1 atom stereocenters. The van der Waals surface area contributed by atoms with Gasteiger partial charge in [-0.3, -0.25) is 0 Å². The molecule has 15 heavy (non-hydrogen) atoms. The van der Waals surface area contributed by atoms with Crippen molar-refractivity contribution in [3.63, 3.8) is 0 Å². The molecule has 2 rings (SSSR count). The molecule has 0 spiro atoms. The second kappa shape index (κ2) is 4.88. The van der Waals surface area contributed by atoms with Crippen LogP contribution in [0.15, 0.2) is 22.3 Å². The Morgan fingerprint density at radius 3 is 3.00 bits per heavy atom. The van der Waals surface area contributed by atoms with Crippen LogP contribution in [0.25, 0.3) is 0 Å². The first kappa shape index (κ1) is 10.8. The number of hydrogen-bond donors (Lipinski definition) is 1. The Hall–Kier alpha value is -0.710. The van der Waals surface area contributed by atoms with Crippen LogP contribution < -0.4 is 5.32 Å². The summed E-state index contributed by atoms with van der Waals surface area (Å²) in [6.07, 6.45) is 0. The Bertz CT molecular complexity index is 406. The van der Waals surface area contributed by atoms with E-state index in [4.69, 9.17) is 0 Å². The zero-order chi connectivity index (χ0) is 10.7. The first-order valence-electron chi connectivity index (χ1n) is 4.92. The zero-order valence-corrected chi connectivity index (χ0v) is 10.5. The first-order chi connectivity index (χ1) is 7.27. The van der Waals surface area contributed by atoms with Gasteiger partial charge in [-0.05, 0) is 30.9 Å². The van der Waals surface area contributed by atoms with Crippen molar-refractivity contribution >= 4 is 22.7 Å². The maximum Gasteiger partial charge on any atom is 0.0795 e. The van der Waals surface area contributed by atoms with Gasteiger partial charge in [0.2, 0.25) is 0 Å². The lowest BCUT2D eigenvalue weighted by molar-refractivity contribution is 0.567. The number of thiophene rings is 1. The van der Waals surface area contributed by atoms with Crippen molar-refractivity contribution in [2.45, 2.75) is 26.4 Å². The quantitative estimate of drug-likeness (QED) is 0.883. The third-order valence-corrected chi connectivity index (χ3v) is 4.06. The zero-order valence-electron chi connectivity index (χ0n) is 8.86. The molecule has 0 saturated heterocycles. The summed E-state index contributed by atoms with van der Waals surface area (Å²) in [7, 11) is 0. The van der Waals surface area contributed by atoms with Crippen molar-refractivity contribution < 1.29 is 0 Å². The van der Waals surface area contributed by atoms with Gasteiger partial charge in [0.05, 0.1) is 11.2 Å². The van der Waals surface area contributed by atoms with Crippen LogP contribution >= 0.6 is 22.7 Å². The lowest BCUT2D eigenvalue weighted by atomic mass is 10.2. The van der Waals surface area contributed by atoms with E-state index < -0.39 is 0 Å². The molecule has 2 aromatic rings. The molecule has 1 N–H and O–H groups in total. The van der Waals surface area contributed by atoms with Crippen molar-refractivity contribution in [1.82, 2.24) is 10.3 Å². The fourth-order valence-electron chi connectivity index (χ4n) is 1.37. The van der Waals surface area contributed by atoms with E-state index in [9.17, 15) is 0 Å². The number of thiazole rings is 1. The number of nitrogens with zero attached hydrogens (tertiary/aromatic N) is 1. The number of rotatable bonds is 4. The molecule has 0 saturated carbocycles. The first-order valence-corrected chi connectivity index (χ1v) is 6.74. The van der Waals surface area contributed by atoms with Gasteiger partial charge in [0, 0.05) is 22.8 Å². The molecule has 80 valence electrons. The summed E-state index contributed by atoms with van der Waals surface area (Å²) in [6, 6.07) is 2.49. The second-order valence-corrected chi connectivity index (χ2v) is 5.26. The number of aromatic nitrogens is 1. The van der Waals surface area contributed by atoms with Gasteiger partial charge >= 0.3 is 0 Å². The van der Waals surface area contributed by atoms with Gasteiger partial charge in [-0.15, -0.1) is 22.7 Å². The topological polar surface area (TPSA) is 24.9 Å². The van der Waals surface area contributed by atoms with Crippen molar-refractivity contribution in [3.05, 3.63) is 38.5 Å². The Kier molecular flexibility index (Phi) is 3.51. The van der Waals surface area contributed by atoms with Gasteiger partial charge in [0.15, 0.2) is 0 Å². The molecule has 2 nitrogen and oxygen atoms in total. The number of nitrogens with one attached hydrogen (secondary N) is 1. The summed E-state index contributed by atoms with van der Waals surface area (Å²) in [4.78, 5) is 5.71. The smallest absolute Gasteiger partial charge is 0.0795 e. The van der Waals surface area contributed by atoms with Crippen LogP contribution in [-0.4, -0.2) is 4.98 Å². The highest BCUT2D eigenvalue weighted by Crippen LogP contribution is 2.17. The summed E-state index contributed by atoms with van der Waals surface area (Å²) in [5.74, 6) is 0. The van der Waals surface area contributed by atoms with E-state index in [1.807, 2.05) is 16.8 Å². The van der Waals surface area contributed by atoms with E-state index in [1.165, 1.54) is 10.4 Å². The Balaban J connectivity index is 1.91. The van der Waals surface area contributed by atoms with Crippen molar-refractivity contribution in [3.8, 4) is 0 Å². The summed E-state index contributed by atoms with van der Waals surface area (Å²) in [5.41, 5.74) is 4.39. The normalized spacial score (nSPS) is 12.9. The summed E-state index contributed by atoms with van der Waals surface area (Å²) in [6.45, 7) is 5.24. The van der Waals surface area contributed by atoms with E-state index in [-0.39, 0.29) is 0 Å². The van der Waals surface area contributed by atoms with Crippen molar-refractivity contribution in [2.75, 3.05) is 0 Å². The number of hydrogen-bond acceptors (Lipinski definition) is 4. The maximum atomic E-state index is 4.30. The molecular weight excluding hydrogens is 224 g/mol. The average molecular weight is 238 g/mol. The van der Waals surface area contributed by atoms with E-state index in [1.54, 1.807) is 11.3 Å². The summed E-state index contributed by atoms with van der Waals surface area (Å²) in [5, 5.41) is 7.72. The van der Waals surface area contributed by atoms with Gasteiger partial charge in [-0.25, -0.2) is 4.98 Å². The lowest BCUT2D eigenvalue weighted by Gasteiger charge is -2.10. The molecule has 1 unspecified atom stereocenters. The van der Waals surface area contributed by atoms with Crippen molar-refractivity contribution in [2.24, 2.45) is 0 Å². The lowest BCUT2D eigenvalue weighted by Crippen LogP contribution is -2.18. The average Bonchev–Trinajstić information content (AvgIpc) is 2.85. The third kappa shape index (κ3) is 2.65. The third-order valence-electron chi connectivity index (χ3n) is 2.43. The molecule has 0 aromatic carbocycles. The molecule has 0 radical (unpaired) electrons. The van der Waals surface area contributed by atoms with Gasteiger partial charge in [0.25, 0.3) is 0 Å². The van der Waals surface area contributed by atoms with Crippen molar-refractivity contribution in [1.29, 1.82) is 0 Å². The fraction of sp³-hybridized carbons (Fsp3) is 0.364. The standard InChI is InChI=1S/C11H14N2S2/c1-8-3-4-15-11(8)5-12-9(2)10-6-14-7-13-10/h3-4,6-7,9,12H,5H2,1-2H3. The molecule has 0 fully saturated rings. The molecule has 0 aliphatic carbocycles.